The third-order valence-corrected chi connectivity index (χ3v) is 3.79. The van der Waals surface area contributed by atoms with E-state index in [2.05, 4.69) is 10.4 Å². The summed E-state index contributed by atoms with van der Waals surface area (Å²) in [6.07, 6.45) is -5.01. The number of anilines is 1. The van der Waals surface area contributed by atoms with Crippen molar-refractivity contribution >= 4 is 23.4 Å². The van der Waals surface area contributed by atoms with Crippen LogP contribution in [0.1, 0.15) is 11.3 Å². The van der Waals surface area contributed by atoms with Crippen molar-refractivity contribution in [1.82, 2.24) is 9.78 Å². The van der Waals surface area contributed by atoms with Crippen LogP contribution in [0.5, 0.6) is 5.75 Å². The van der Waals surface area contributed by atoms with Gasteiger partial charge in [-0.05, 0) is 48.9 Å². The first-order valence-electron chi connectivity index (χ1n) is 7.71. The SMILES string of the molecule is Cc1cccc(NC(=O)Oc2cnn(-c3ccc(Cl)cc3)c2C(F)(F)F)c1. The highest BCUT2D eigenvalue weighted by molar-refractivity contribution is 6.30. The number of aromatic nitrogens is 2. The molecular formula is C18H13ClF3N3O2. The van der Waals surface area contributed by atoms with E-state index in [0.717, 1.165) is 11.8 Å². The molecule has 1 aromatic heterocycles. The van der Waals surface area contributed by atoms with Crippen LogP contribution < -0.4 is 10.1 Å². The van der Waals surface area contributed by atoms with Crippen LogP contribution in [0, 0.1) is 6.92 Å². The Morgan fingerprint density at radius 2 is 1.89 bits per heavy atom. The van der Waals surface area contributed by atoms with E-state index in [1.165, 1.54) is 24.3 Å². The lowest BCUT2D eigenvalue weighted by molar-refractivity contribution is -0.143. The van der Waals surface area contributed by atoms with E-state index in [-0.39, 0.29) is 5.69 Å². The highest BCUT2D eigenvalue weighted by atomic mass is 35.5. The minimum atomic E-state index is -4.80. The van der Waals surface area contributed by atoms with Crippen molar-refractivity contribution in [3.8, 4) is 11.4 Å². The summed E-state index contributed by atoms with van der Waals surface area (Å²) in [6.45, 7) is 1.81. The average molecular weight is 396 g/mol. The van der Waals surface area contributed by atoms with Crippen molar-refractivity contribution in [2.24, 2.45) is 0 Å². The fourth-order valence-electron chi connectivity index (χ4n) is 2.41. The number of carbonyl (C=O) groups is 1. The summed E-state index contributed by atoms with van der Waals surface area (Å²) in [5.41, 5.74) is 0.197. The number of halogens is 4. The zero-order valence-corrected chi connectivity index (χ0v) is 14.7. The second-order valence-corrected chi connectivity index (χ2v) is 6.06. The minimum absolute atomic E-state index is 0.126. The zero-order chi connectivity index (χ0) is 19.6. The summed E-state index contributed by atoms with van der Waals surface area (Å²) in [7, 11) is 0. The molecule has 1 heterocycles. The first kappa shape index (κ1) is 18.8. The first-order chi connectivity index (χ1) is 12.7. The molecule has 0 aliphatic rings. The van der Waals surface area contributed by atoms with Crippen molar-refractivity contribution in [2.45, 2.75) is 13.1 Å². The molecular weight excluding hydrogens is 383 g/mol. The van der Waals surface area contributed by atoms with Crippen LogP contribution in [0.4, 0.5) is 23.7 Å². The van der Waals surface area contributed by atoms with E-state index in [1.54, 1.807) is 18.2 Å². The van der Waals surface area contributed by atoms with E-state index in [9.17, 15) is 18.0 Å². The van der Waals surface area contributed by atoms with Crippen molar-refractivity contribution in [3.63, 3.8) is 0 Å². The summed E-state index contributed by atoms with van der Waals surface area (Å²) in [5.74, 6) is -0.706. The Kier molecular flexibility index (Phi) is 5.09. The molecule has 0 saturated heterocycles. The Morgan fingerprint density at radius 3 is 2.52 bits per heavy atom. The van der Waals surface area contributed by atoms with Crippen LogP contribution >= 0.6 is 11.6 Å². The molecule has 5 nitrogen and oxygen atoms in total. The maximum absolute atomic E-state index is 13.5. The molecule has 3 rings (SSSR count). The molecule has 0 saturated carbocycles. The fraction of sp³-hybridized carbons (Fsp3) is 0.111. The summed E-state index contributed by atoms with van der Waals surface area (Å²) in [6, 6.07) is 12.4. The number of alkyl halides is 3. The predicted molar refractivity (Wildman–Crippen MR) is 94.4 cm³/mol. The zero-order valence-electron chi connectivity index (χ0n) is 13.9. The standard InChI is InChI=1S/C18H13ClF3N3O2/c1-11-3-2-4-13(9-11)24-17(26)27-15-10-23-25(16(15)18(20,21)22)14-7-5-12(19)6-8-14/h2-10H,1H3,(H,24,26). The third kappa shape index (κ3) is 4.40. The van der Waals surface area contributed by atoms with E-state index in [0.29, 0.717) is 15.4 Å². The Balaban J connectivity index is 1.89. The Hall–Kier alpha value is -3.00. The summed E-state index contributed by atoms with van der Waals surface area (Å²) >= 11 is 5.76. The van der Waals surface area contributed by atoms with Crippen LogP contribution in [0.25, 0.3) is 5.69 Å². The van der Waals surface area contributed by atoms with Gasteiger partial charge in [-0.1, -0.05) is 23.7 Å². The molecule has 9 heteroatoms. The summed E-state index contributed by atoms with van der Waals surface area (Å²) in [5, 5.41) is 6.46. The molecule has 140 valence electrons. The molecule has 0 bridgehead atoms. The van der Waals surface area contributed by atoms with Gasteiger partial charge >= 0.3 is 12.3 Å². The lowest BCUT2D eigenvalue weighted by Crippen LogP contribution is -2.20. The van der Waals surface area contributed by atoms with Crippen molar-refractivity contribution in [2.75, 3.05) is 5.32 Å². The number of ether oxygens (including phenoxy) is 1. The number of nitrogens with zero attached hydrogens (tertiary/aromatic N) is 2. The Labute approximate surface area is 157 Å². The van der Waals surface area contributed by atoms with Gasteiger partial charge in [0, 0.05) is 10.7 Å². The number of hydrogen-bond donors (Lipinski definition) is 1. The normalized spacial score (nSPS) is 11.3. The Morgan fingerprint density at radius 1 is 1.19 bits per heavy atom. The largest absolute Gasteiger partial charge is 0.437 e. The van der Waals surface area contributed by atoms with Gasteiger partial charge in [0.05, 0.1) is 11.9 Å². The van der Waals surface area contributed by atoms with Crippen LogP contribution in [0.2, 0.25) is 5.02 Å². The number of benzene rings is 2. The predicted octanol–water partition coefficient (Wildman–Crippen LogP) is 5.46. The molecule has 1 N–H and O–H groups in total. The van der Waals surface area contributed by atoms with Crippen LogP contribution in [-0.2, 0) is 6.18 Å². The molecule has 0 unspecified atom stereocenters. The van der Waals surface area contributed by atoms with E-state index in [1.807, 2.05) is 13.0 Å². The number of rotatable bonds is 3. The van der Waals surface area contributed by atoms with Crippen LogP contribution in [0.3, 0.4) is 0 Å². The number of aryl methyl sites for hydroxylation is 1. The highest BCUT2D eigenvalue weighted by Gasteiger charge is 2.40. The number of carbonyl (C=O) groups excluding carboxylic acids is 1. The maximum Gasteiger partial charge on any atom is 0.437 e. The number of nitrogens with one attached hydrogen (secondary N) is 1. The molecule has 0 radical (unpaired) electrons. The third-order valence-electron chi connectivity index (χ3n) is 3.54. The second kappa shape index (κ2) is 7.32. The van der Waals surface area contributed by atoms with E-state index < -0.39 is 23.7 Å². The quantitative estimate of drug-likeness (QED) is 0.640. The number of hydrogen-bond acceptors (Lipinski definition) is 3. The molecule has 0 aliphatic carbocycles. The number of amides is 1. The topological polar surface area (TPSA) is 56.1 Å². The van der Waals surface area contributed by atoms with Crippen LogP contribution in [-0.4, -0.2) is 15.9 Å². The van der Waals surface area contributed by atoms with Gasteiger partial charge in [-0.25, -0.2) is 9.48 Å². The molecule has 0 atom stereocenters. The van der Waals surface area contributed by atoms with Gasteiger partial charge in [-0.3, -0.25) is 5.32 Å². The van der Waals surface area contributed by atoms with Crippen molar-refractivity contribution in [1.29, 1.82) is 0 Å². The second-order valence-electron chi connectivity index (χ2n) is 5.63. The molecule has 2 aromatic carbocycles. The average Bonchev–Trinajstić information content (AvgIpc) is 2.99. The van der Waals surface area contributed by atoms with E-state index >= 15 is 0 Å². The first-order valence-corrected chi connectivity index (χ1v) is 8.08. The molecule has 1 amide bonds. The molecule has 0 fully saturated rings. The fourth-order valence-corrected chi connectivity index (χ4v) is 2.54. The highest BCUT2D eigenvalue weighted by Crippen LogP contribution is 2.37. The monoisotopic (exact) mass is 395 g/mol. The Bertz CT molecular complexity index is 969. The van der Waals surface area contributed by atoms with Gasteiger partial charge in [0.25, 0.3) is 0 Å². The smallest absolute Gasteiger partial charge is 0.406 e. The molecule has 27 heavy (non-hydrogen) atoms. The molecule has 0 spiro atoms. The minimum Gasteiger partial charge on any atom is -0.406 e. The van der Waals surface area contributed by atoms with Gasteiger partial charge in [0.15, 0.2) is 11.4 Å². The van der Waals surface area contributed by atoms with Crippen molar-refractivity contribution < 1.29 is 22.7 Å². The summed E-state index contributed by atoms with van der Waals surface area (Å²) in [4.78, 5) is 12.0. The maximum atomic E-state index is 13.5. The van der Waals surface area contributed by atoms with Gasteiger partial charge in [-0.15, -0.1) is 0 Å². The van der Waals surface area contributed by atoms with Crippen molar-refractivity contribution in [3.05, 3.63) is 71.0 Å². The van der Waals surface area contributed by atoms with Gasteiger partial charge < -0.3 is 4.74 Å². The lowest BCUT2D eigenvalue weighted by Gasteiger charge is -2.13. The van der Waals surface area contributed by atoms with Gasteiger partial charge in [0.2, 0.25) is 0 Å². The summed E-state index contributed by atoms with van der Waals surface area (Å²) < 4.78 is 46.1. The molecule has 3 aromatic rings. The van der Waals surface area contributed by atoms with Gasteiger partial charge in [0.1, 0.15) is 0 Å². The van der Waals surface area contributed by atoms with Crippen LogP contribution in [0.15, 0.2) is 54.7 Å². The van der Waals surface area contributed by atoms with Gasteiger partial charge in [-0.2, -0.15) is 18.3 Å². The van der Waals surface area contributed by atoms with E-state index in [4.69, 9.17) is 16.3 Å². The lowest BCUT2D eigenvalue weighted by atomic mass is 10.2. The molecule has 0 aliphatic heterocycles.